The van der Waals surface area contributed by atoms with Gasteiger partial charge in [0.05, 0.1) is 10.6 Å². The lowest BCUT2D eigenvalue weighted by atomic mass is 10.1. The highest BCUT2D eigenvalue weighted by molar-refractivity contribution is 7.89. The predicted molar refractivity (Wildman–Crippen MR) is 79.8 cm³/mol. The Hall–Kier alpha value is -1.67. The maximum absolute atomic E-state index is 12.5. The summed E-state index contributed by atoms with van der Waals surface area (Å²) in [6, 6.07) is 3.67. The molecule has 0 radical (unpaired) electrons. The summed E-state index contributed by atoms with van der Waals surface area (Å²) in [7, 11) is -2.21. The molecule has 2 atom stereocenters. The summed E-state index contributed by atoms with van der Waals surface area (Å²) in [5, 5.41) is 13.6. The number of sulfonamides is 1. The van der Waals surface area contributed by atoms with Gasteiger partial charge in [-0.15, -0.1) is 0 Å². The Kier molecular flexibility index (Phi) is 4.48. The van der Waals surface area contributed by atoms with Crippen LogP contribution in [0, 0.1) is 16.0 Å². The topological polar surface area (TPSA) is 101 Å². The molecule has 8 heteroatoms. The molecule has 21 heavy (non-hydrogen) atoms. The quantitative estimate of drug-likeness (QED) is 0.640. The van der Waals surface area contributed by atoms with E-state index < -0.39 is 14.9 Å². The Morgan fingerprint density at radius 3 is 2.57 bits per heavy atom. The van der Waals surface area contributed by atoms with E-state index in [-0.39, 0.29) is 22.5 Å². The maximum Gasteiger partial charge on any atom is 0.270 e. The number of benzene rings is 1. The van der Waals surface area contributed by atoms with Crippen molar-refractivity contribution < 1.29 is 13.3 Å². The van der Waals surface area contributed by atoms with E-state index in [0.717, 1.165) is 25.3 Å². The van der Waals surface area contributed by atoms with Crippen molar-refractivity contribution >= 4 is 21.4 Å². The second-order valence-corrected chi connectivity index (χ2v) is 7.01. The number of nitro benzene ring substituents is 1. The Balaban J connectivity index is 2.38. The third-order valence-corrected chi connectivity index (χ3v) is 5.43. The van der Waals surface area contributed by atoms with Crippen LogP contribution in [0.3, 0.4) is 0 Å². The molecule has 1 aromatic rings. The van der Waals surface area contributed by atoms with Crippen molar-refractivity contribution in [2.75, 3.05) is 12.4 Å². The smallest absolute Gasteiger partial charge is 0.270 e. The summed E-state index contributed by atoms with van der Waals surface area (Å²) < 4.78 is 27.7. The largest absolute Gasteiger partial charge is 0.387 e. The van der Waals surface area contributed by atoms with Gasteiger partial charge in [0.1, 0.15) is 4.90 Å². The minimum Gasteiger partial charge on any atom is -0.387 e. The standard InChI is InChI=1S/C13H19N3O4S/c1-9-4-3-5-11(9)15-21(19,20)13-8-10(16(17)18)6-7-12(13)14-2/h6-9,11,14-15H,3-5H2,1-2H3. The lowest BCUT2D eigenvalue weighted by Crippen LogP contribution is -2.36. The fourth-order valence-corrected chi connectivity index (χ4v) is 4.25. The molecule has 1 aliphatic carbocycles. The van der Waals surface area contributed by atoms with Gasteiger partial charge in [-0.25, -0.2) is 13.1 Å². The minimum absolute atomic E-state index is 0.0849. The van der Waals surface area contributed by atoms with Crippen LogP contribution in [0.2, 0.25) is 0 Å². The first-order valence-electron chi connectivity index (χ1n) is 6.83. The Morgan fingerprint density at radius 1 is 1.33 bits per heavy atom. The van der Waals surface area contributed by atoms with Gasteiger partial charge < -0.3 is 5.32 Å². The Morgan fingerprint density at radius 2 is 2.05 bits per heavy atom. The van der Waals surface area contributed by atoms with Crippen LogP contribution in [0.1, 0.15) is 26.2 Å². The van der Waals surface area contributed by atoms with Gasteiger partial charge in [0.2, 0.25) is 10.0 Å². The van der Waals surface area contributed by atoms with E-state index in [1.807, 2.05) is 6.92 Å². The number of rotatable bonds is 5. The van der Waals surface area contributed by atoms with Crippen LogP contribution in [0.4, 0.5) is 11.4 Å². The van der Waals surface area contributed by atoms with Gasteiger partial charge in [0.25, 0.3) is 5.69 Å². The molecule has 2 N–H and O–H groups in total. The predicted octanol–water partition coefficient (Wildman–Crippen LogP) is 2.10. The van der Waals surface area contributed by atoms with E-state index in [1.165, 1.54) is 12.1 Å². The second-order valence-electron chi connectivity index (χ2n) is 5.32. The average Bonchev–Trinajstić information content (AvgIpc) is 2.82. The van der Waals surface area contributed by atoms with E-state index in [4.69, 9.17) is 0 Å². The highest BCUT2D eigenvalue weighted by atomic mass is 32.2. The van der Waals surface area contributed by atoms with Crippen molar-refractivity contribution in [3.8, 4) is 0 Å². The number of non-ortho nitro benzene ring substituents is 1. The van der Waals surface area contributed by atoms with Crippen LogP contribution in [0.25, 0.3) is 0 Å². The maximum atomic E-state index is 12.5. The van der Waals surface area contributed by atoms with Crippen molar-refractivity contribution in [1.29, 1.82) is 0 Å². The highest BCUT2D eigenvalue weighted by Crippen LogP contribution is 2.30. The highest BCUT2D eigenvalue weighted by Gasteiger charge is 2.30. The number of hydrogen-bond acceptors (Lipinski definition) is 5. The molecule has 1 fully saturated rings. The van der Waals surface area contributed by atoms with Crippen molar-refractivity contribution in [2.45, 2.75) is 37.1 Å². The summed E-state index contributed by atoms with van der Waals surface area (Å²) in [4.78, 5) is 10.2. The van der Waals surface area contributed by atoms with Crippen LogP contribution in [0.15, 0.2) is 23.1 Å². The van der Waals surface area contributed by atoms with Gasteiger partial charge in [-0.3, -0.25) is 10.1 Å². The second kappa shape index (κ2) is 5.98. The molecule has 1 aromatic carbocycles. The number of anilines is 1. The van der Waals surface area contributed by atoms with Gasteiger partial charge in [0, 0.05) is 25.2 Å². The molecule has 2 rings (SSSR count). The van der Waals surface area contributed by atoms with Crippen molar-refractivity contribution in [2.24, 2.45) is 5.92 Å². The normalized spacial score (nSPS) is 22.2. The number of nitrogens with zero attached hydrogens (tertiary/aromatic N) is 1. The molecule has 7 nitrogen and oxygen atoms in total. The first-order valence-corrected chi connectivity index (χ1v) is 8.32. The molecular weight excluding hydrogens is 294 g/mol. The van der Waals surface area contributed by atoms with Gasteiger partial charge in [0.15, 0.2) is 0 Å². The summed E-state index contributed by atoms with van der Waals surface area (Å²) in [6.45, 7) is 2.01. The summed E-state index contributed by atoms with van der Waals surface area (Å²) in [5.74, 6) is 0.275. The van der Waals surface area contributed by atoms with E-state index in [2.05, 4.69) is 10.0 Å². The summed E-state index contributed by atoms with van der Waals surface area (Å²) >= 11 is 0. The van der Waals surface area contributed by atoms with Crippen molar-refractivity contribution in [3.05, 3.63) is 28.3 Å². The first kappa shape index (κ1) is 15.7. The van der Waals surface area contributed by atoms with E-state index in [0.29, 0.717) is 5.69 Å². The number of hydrogen-bond donors (Lipinski definition) is 2. The molecular formula is C13H19N3O4S. The fourth-order valence-electron chi connectivity index (χ4n) is 2.64. The Labute approximate surface area is 123 Å². The van der Waals surface area contributed by atoms with Crippen LogP contribution in [0.5, 0.6) is 0 Å². The van der Waals surface area contributed by atoms with E-state index in [9.17, 15) is 18.5 Å². The molecule has 0 saturated heterocycles. The number of nitrogens with one attached hydrogen (secondary N) is 2. The van der Waals surface area contributed by atoms with Crippen molar-refractivity contribution in [1.82, 2.24) is 4.72 Å². The fraction of sp³-hybridized carbons (Fsp3) is 0.538. The van der Waals surface area contributed by atoms with E-state index in [1.54, 1.807) is 7.05 Å². The molecule has 0 aromatic heterocycles. The SMILES string of the molecule is CNc1ccc([N+](=O)[O-])cc1S(=O)(=O)NC1CCCC1C. The lowest BCUT2D eigenvalue weighted by Gasteiger charge is -2.18. The summed E-state index contributed by atoms with van der Waals surface area (Å²) in [5.41, 5.74) is 0.104. The third-order valence-electron chi connectivity index (χ3n) is 3.90. The molecule has 0 aliphatic heterocycles. The Bertz CT molecular complexity index is 645. The lowest BCUT2D eigenvalue weighted by molar-refractivity contribution is -0.385. The van der Waals surface area contributed by atoms with Crippen LogP contribution in [-0.2, 0) is 10.0 Å². The van der Waals surface area contributed by atoms with Gasteiger partial charge in [-0.1, -0.05) is 13.3 Å². The monoisotopic (exact) mass is 313 g/mol. The molecule has 2 unspecified atom stereocenters. The van der Waals surface area contributed by atoms with Gasteiger partial charge in [-0.05, 0) is 24.8 Å². The first-order chi connectivity index (χ1) is 9.85. The zero-order chi connectivity index (χ0) is 15.6. The van der Waals surface area contributed by atoms with Crippen LogP contribution in [-0.4, -0.2) is 26.4 Å². The number of nitro groups is 1. The third kappa shape index (κ3) is 3.33. The van der Waals surface area contributed by atoms with Gasteiger partial charge >= 0.3 is 0 Å². The zero-order valence-corrected chi connectivity index (χ0v) is 12.8. The molecule has 1 aliphatic rings. The molecule has 0 spiro atoms. The molecule has 0 heterocycles. The molecule has 1 saturated carbocycles. The zero-order valence-electron chi connectivity index (χ0n) is 12.0. The average molecular weight is 313 g/mol. The summed E-state index contributed by atoms with van der Waals surface area (Å²) in [6.07, 6.45) is 2.77. The minimum atomic E-state index is -3.79. The van der Waals surface area contributed by atoms with Crippen molar-refractivity contribution in [3.63, 3.8) is 0 Å². The molecule has 0 bridgehead atoms. The molecule has 116 valence electrons. The van der Waals surface area contributed by atoms with Crippen LogP contribution < -0.4 is 10.0 Å². The molecule has 0 amide bonds. The van der Waals surface area contributed by atoms with Crippen LogP contribution >= 0.6 is 0 Å². The van der Waals surface area contributed by atoms with E-state index >= 15 is 0 Å². The van der Waals surface area contributed by atoms with Gasteiger partial charge in [-0.2, -0.15) is 0 Å².